The van der Waals surface area contributed by atoms with Crippen LogP contribution in [0.25, 0.3) is 0 Å². The van der Waals surface area contributed by atoms with Crippen LogP contribution in [0.5, 0.6) is 0 Å². The lowest BCUT2D eigenvalue weighted by molar-refractivity contribution is -0.0309. The number of rotatable bonds is 39. The fourth-order valence-corrected chi connectivity index (χ4v) is 5.93. The van der Waals surface area contributed by atoms with E-state index < -0.39 is 0 Å². The Morgan fingerprint density at radius 2 is 0.962 bits per heavy atom. The third-order valence-electron chi connectivity index (χ3n) is 9.26. The standard InChI is InChI=1S/C46H86N2O4/c1-6-8-10-12-14-16-18-20-22-24-26-28-30-32-34-36-40-50-44-45(43-48(5)46(49)52-42-38-39-47(3)4)51-41-37-35-33-31-29-27-25-23-21-19-17-15-13-11-9-7-2/h14-17,20-23,45H,6-13,18-19,24-44H2,1-5H3. The van der Waals surface area contributed by atoms with Crippen LogP contribution >= 0.6 is 0 Å². The minimum atomic E-state index is -0.286. The number of amides is 1. The van der Waals surface area contributed by atoms with E-state index in [2.05, 4.69) is 67.4 Å². The third-order valence-corrected chi connectivity index (χ3v) is 9.26. The van der Waals surface area contributed by atoms with E-state index in [1.807, 2.05) is 14.1 Å². The molecule has 0 fully saturated rings. The van der Waals surface area contributed by atoms with Crippen LogP contribution in [0.3, 0.4) is 0 Å². The van der Waals surface area contributed by atoms with Crippen LogP contribution < -0.4 is 0 Å². The number of hydrogen-bond donors (Lipinski definition) is 0. The van der Waals surface area contributed by atoms with E-state index in [1.54, 1.807) is 11.9 Å². The Morgan fingerprint density at radius 3 is 1.44 bits per heavy atom. The van der Waals surface area contributed by atoms with E-state index in [0.29, 0.717) is 26.4 Å². The summed E-state index contributed by atoms with van der Waals surface area (Å²) in [6, 6.07) is 0. The quantitative estimate of drug-likeness (QED) is 0.0465. The van der Waals surface area contributed by atoms with Gasteiger partial charge in [0.2, 0.25) is 0 Å². The molecule has 0 spiro atoms. The average Bonchev–Trinajstić information content (AvgIpc) is 3.13. The SMILES string of the molecule is CCCCCC=CCC=CCCCCCCCCOCC(CN(C)C(=O)OCCCN(C)C)OCCCCCCCCC=CCC=CCCCCC. The van der Waals surface area contributed by atoms with Crippen molar-refractivity contribution in [2.24, 2.45) is 0 Å². The summed E-state index contributed by atoms with van der Waals surface area (Å²) >= 11 is 0. The van der Waals surface area contributed by atoms with E-state index >= 15 is 0 Å². The van der Waals surface area contributed by atoms with Gasteiger partial charge in [-0.25, -0.2) is 4.79 Å². The van der Waals surface area contributed by atoms with Gasteiger partial charge < -0.3 is 24.0 Å². The van der Waals surface area contributed by atoms with Gasteiger partial charge in [0.1, 0.15) is 0 Å². The molecule has 0 aromatic carbocycles. The average molecular weight is 731 g/mol. The number of likely N-dealkylation sites (N-methyl/N-ethyl adjacent to an activating group) is 1. The molecule has 0 saturated carbocycles. The molecule has 52 heavy (non-hydrogen) atoms. The summed E-state index contributed by atoms with van der Waals surface area (Å²) in [7, 11) is 5.86. The van der Waals surface area contributed by atoms with Crippen molar-refractivity contribution >= 4 is 6.09 Å². The normalized spacial score (nSPS) is 12.8. The zero-order valence-corrected chi connectivity index (χ0v) is 35.1. The molecule has 0 rings (SSSR count). The summed E-state index contributed by atoms with van der Waals surface area (Å²) in [5, 5.41) is 0. The summed E-state index contributed by atoms with van der Waals surface area (Å²) in [5.74, 6) is 0. The fourth-order valence-electron chi connectivity index (χ4n) is 5.93. The monoisotopic (exact) mass is 731 g/mol. The van der Waals surface area contributed by atoms with Gasteiger partial charge in [-0.3, -0.25) is 0 Å². The first-order chi connectivity index (χ1) is 25.5. The second-order valence-electron chi connectivity index (χ2n) is 14.9. The van der Waals surface area contributed by atoms with Crippen molar-refractivity contribution in [2.75, 3.05) is 60.7 Å². The van der Waals surface area contributed by atoms with Gasteiger partial charge >= 0.3 is 6.09 Å². The van der Waals surface area contributed by atoms with Crippen LogP contribution in [-0.4, -0.2) is 82.7 Å². The summed E-state index contributed by atoms with van der Waals surface area (Å²) < 4.78 is 17.8. The highest BCUT2D eigenvalue weighted by Crippen LogP contribution is 2.11. The van der Waals surface area contributed by atoms with Crippen LogP contribution in [-0.2, 0) is 14.2 Å². The minimum Gasteiger partial charge on any atom is -0.449 e. The summed E-state index contributed by atoms with van der Waals surface area (Å²) in [6.07, 6.45) is 48.7. The highest BCUT2D eigenvalue weighted by atomic mass is 16.6. The molecule has 6 nitrogen and oxygen atoms in total. The molecule has 0 aliphatic carbocycles. The Balaban J connectivity index is 4.16. The maximum Gasteiger partial charge on any atom is 0.409 e. The van der Waals surface area contributed by atoms with Gasteiger partial charge in [-0.15, -0.1) is 0 Å². The van der Waals surface area contributed by atoms with E-state index in [-0.39, 0.29) is 12.2 Å². The molecule has 1 atom stereocenters. The van der Waals surface area contributed by atoms with E-state index in [0.717, 1.165) is 45.3 Å². The Morgan fingerprint density at radius 1 is 0.519 bits per heavy atom. The molecule has 0 aliphatic heterocycles. The van der Waals surface area contributed by atoms with Crippen molar-refractivity contribution in [1.29, 1.82) is 0 Å². The highest BCUT2D eigenvalue weighted by Gasteiger charge is 2.18. The number of nitrogens with zero attached hydrogens (tertiary/aromatic N) is 2. The van der Waals surface area contributed by atoms with Crippen LogP contribution in [0.1, 0.15) is 174 Å². The minimum absolute atomic E-state index is 0.137. The van der Waals surface area contributed by atoms with Gasteiger partial charge in [-0.2, -0.15) is 0 Å². The molecule has 0 saturated heterocycles. The molecule has 1 unspecified atom stereocenters. The Hall–Kier alpha value is -1.89. The second-order valence-corrected chi connectivity index (χ2v) is 14.9. The van der Waals surface area contributed by atoms with Crippen LogP contribution in [0.15, 0.2) is 48.6 Å². The number of carbonyl (C=O) groups is 1. The van der Waals surface area contributed by atoms with Gasteiger partial charge in [0.05, 0.1) is 25.9 Å². The molecular formula is C46H86N2O4. The lowest BCUT2D eigenvalue weighted by atomic mass is 10.1. The molecule has 0 heterocycles. The number of carbonyl (C=O) groups excluding carboxylic acids is 1. The van der Waals surface area contributed by atoms with Crippen molar-refractivity contribution in [1.82, 2.24) is 9.80 Å². The Bertz CT molecular complexity index is 853. The number of unbranched alkanes of at least 4 members (excludes halogenated alkanes) is 18. The second kappa shape index (κ2) is 41.9. The highest BCUT2D eigenvalue weighted by molar-refractivity contribution is 5.67. The topological polar surface area (TPSA) is 51.2 Å². The predicted octanol–water partition coefficient (Wildman–Crippen LogP) is 13.0. The van der Waals surface area contributed by atoms with Crippen molar-refractivity contribution in [3.05, 3.63) is 48.6 Å². The van der Waals surface area contributed by atoms with Crippen molar-refractivity contribution in [2.45, 2.75) is 180 Å². The molecule has 0 bridgehead atoms. The van der Waals surface area contributed by atoms with Gasteiger partial charge in [-0.05, 0) is 97.6 Å². The van der Waals surface area contributed by atoms with E-state index in [4.69, 9.17) is 14.2 Å². The molecule has 0 N–H and O–H groups in total. The molecule has 1 amide bonds. The number of allylic oxidation sites excluding steroid dienone is 8. The molecule has 0 aromatic heterocycles. The van der Waals surface area contributed by atoms with Gasteiger partial charge in [0.15, 0.2) is 0 Å². The Labute approximate surface area is 323 Å². The fraction of sp³-hybridized carbons (Fsp3) is 0.804. The lowest BCUT2D eigenvalue weighted by Crippen LogP contribution is -2.38. The molecule has 304 valence electrons. The van der Waals surface area contributed by atoms with Crippen LogP contribution in [0, 0.1) is 0 Å². The summed E-state index contributed by atoms with van der Waals surface area (Å²) in [4.78, 5) is 16.3. The van der Waals surface area contributed by atoms with Gasteiger partial charge in [0, 0.05) is 26.8 Å². The largest absolute Gasteiger partial charge is 0.449 e. The maximum absolute atomic E-state index is 12.6. The molecular weight excluding hydrogens is 645 g/mol. The molecule has 0 radical (unpaired) electrons. The van der Waals surface area contributed by atoms with Gasteiger partial charge in [-0.1, -0.05) is 140 Å². The van der Waals surface area contributed by atoms with Crippen molar-refractivity contribution < 1.29 is 19.0 Å². The number of ether oxygens (including phenoxy) is 3. The first-order valence-electron chi connectivity index (χ1n) is 21.8. The van der Waals surface area contributed by atoms with E-state index in [1.165, 1.54) is 128 Å². The molecule has 0 aliphatic rings. The van der Waals surface area contributed by atoms with Crippen LogP contribution in [0.2, 0.25) is 0 Å². The van der Waals surface area contributed by atoms with Crippen LogP contribution in [0.4, 0.5) is 4.79 Å². The number of hydrogen-bond acceptors (Lipinski definition) is 5. The zero-order valence-electron chi connectivity index (χ0n) is 35.1. The van der Waals surface area contributed by atoms with E-state index in [9.17, 15) is 4.79 Å². The zero-order chi connectivity index (χ0) is 38.0. The lowest BCUT2D eigenvalue weighted by Gasteiger charge is -2.24. The maximum atomic E-state index is 12.6. The Kier molecular flexibility index (Phi) is 40.3. The molecule has 6 heteroatoms. The summed E-state index contributed by atoms with van der Waals surface area (Å²) in [6.45, 7) is 8.30. The smallest absolute Gasteiger partial charge is 0.409 e. The summed E-state index contributed by atoms with van der Waals surface area (Å²) in [5.41, 5.74) is 0. The predicted molar refractivity (Wildman–Crippen MR) is 226 cm³/mol. The first-order valence-corrected chi connectivity index (χ1v) is 21.8. The van der Waals surface area contributed by atoms with Crippen molar-refractivity contribution in [3.63, 3.8) is 0 Å². The van der Waals surface area contributed by atoms with Crippen molar-refractivity contribution in [3.8, 4) is 0 Å². The van der Waals surface area contributed by atoms with Gasteiger partial charge in [0.25, 0.3) is 0 Å². The first kappa shape index (κ1) is 50.1. The third kappa shape index (κ3) is 39.3. The molecule has 0 aromatic rings.